The molecule has 1 aliphatic heterocycles. The van der Waals surface area contributed by atoms with E-state index in [1.54, 1.807) is 12.3 Å². The lowest BCUT2D eigenvalue weighted by Gasteiger charge is -2.41. The van der Waals surface area contributed by atoms with Crippen molar-refractivity contribution in [3.05, 3.63) is 24.5 Å². The number of carboxylic acids is 1. The summed E-state index contributed by atoms with van der Waals surface area (Å²) in [6.07, 6.45) is 11.2. The quantitative estimate of drug-likeness (QED) is 0.292. The van der Waals surface area contributed by atoms with Crippen LogP contribution in [0.15, 0.2) is 24.5 Å². The first kappa shape index (κ1) is 29.1. The summed E-state index contributed by atoms with van der Waals surface area (Å²) < 4.78 is 18.7. The summed E-state index contributed by atoms with van der Waals surface area (Å²) in [5, 5.41) is 20.4. The summed E-state index contributed by atoms with van der Waals surface area (Å²) in [7, 11) is -1.97. The molecule has 34 heavy (non-hydrogen) atoms. The number of aliphatic hydroxyl groups is 1. The van der Waals surface area contributed by atoms with E-state index in [1.165, 1.54) is 6.42 Å². The van der Waals surface area contributed by atoms with Gasteiger partial charge >= 0.3 is 5.97 Å². The zero-order valence-corrected chi connectivity index (χ0v) is 23.3. The summed E-state index contributed by atoms with van der Waals surface area (Å²) in [5.41, 5.74) is 0. The van der Waals surface area contributed by atoms with E-state index in [-0.39, 0.29) is 35.5 Å². The van der Waals surface area contributed by atoms with Crippen LogP contribution in [0.5, 0.6) is 0 Å². The van der Waals surface area contributed by atoms with E-state index in [1.807, 2.05) is 12.2 Å². The Bertz CT molecular complexity index is 698. The second kappa shape index (κ2) is 12.7. The SMILES string of the molecule is CCCCC(C)[C@H](CC[C@H]1C(CC(=O)O)[C@@H](O)C[C@H]1O[C@@H]1C=CC=CO1)O[Si](C)(C)C(C)(C)C. The molecule has 1 saturated carbocycles. The van der Waals surface area contributed by atoms with Crippen molar-refractivity contribution in [2.24, 2.45) is 17.8 Å². The zero-order chi connectivity index (χ0) is 25.5. The van der Waals surface area contributed by atoms with Crippen LogP contribution in [-0.4, -0.2) is 49.1 Å². The fourth-order valence-electron chi connectivity index (χ4n) is 4.90. The monoisotopic (exact) mass is 496 g/mol. The Morgan fingerprint density at radius 1 is 1.21 bits per heavy atom. The van der Waals surface area contributed by atoms with E-state index in [4.69, 9.17) is 13.9 Å². The average Bonchev–Trinajstić information content (AvgIpc) is 3.02. The van der Waals surface area contributed by atoms with Gasteiger partial charge in [0, 0.05) is 18.4 Å². The number of ether oxygens (including phenoxy) is 2. The van der Waals surface area contributed by atoms with Crippen molar-refractivity contribution in [1.82, 2.24) is 0 Å². The first-order chi connectivity index (χ1) is 15.9. The minimum Gasteiger partial charge on any atom is -0.481 e. The van der Waals surface area contributed by atoms with Crippen molar-refractivity contribution in [2.75, 3.05) is 0 Å². The predicted molar refractivity (Wildman–Crippen MR) is 138 cm³/mol. The number of allylic oxidation sites excluding steroid dienone is 2. The van der Waals surface area contributed by atoms with Gasteiger partial charge in [0.15, 0.2) is 8.32 Å². The lowest BCUT2D eigenvalue weighted by molar-refractivity contribution is -0.140. The number of hydrogen-bond donors (Lipinski definition) is 2. The van der Waals surface area contributed by atoms with Crippen LogP contribution in [0.2, 0.25) is 18.1 Å². The molecular weight excluding hydrogens is 448 g/mol. The van der Waals surface area contributed by atoms with E-state index in [0.29, 0.717) is 12.3 Å². The van der Waals surface area contributed by atoms with Crippen LogP contribution < -0.4 is 0 Å². The van der Waals surface area contributed by atoms with Crippen LogP contribution in [-0.2, 0) is 18.7 Å². The molecule has 0 aromatic heterocycles. The normalized spacial score (nSPS) is 29.1. The molecule has 6 nitrogen and oxygen atoms in total. The van der Waals surface area contributed by atoms with Gasteiger partial charge in [-0.1, -0.05) is 53.5 Å². The van der Waals surface area contributed by atoms with E-state index in [9.17, 15) is 15.0 Å². The van der Waals surface area contributed by atoms with Crippen molar-refractivity contribution in [3.63, 3.8) is 0 Å². The third-order valence-electron chi connectivity index (χ3n) is 8.07. The Balaban J connectivity index is 2.18. The van der Waals surface area contributed by atoms with Crippen molar-refractivity contribution in [3.8, 4) is 0 Å². The van der Waals surface area contributed by atoms with Gasteiger partial charge in [0.25, 0.3) is 0 Å². The first-order valence-corrected chi connectivity index (χ1v) is 16.0. The minimum atomic E-state index is -1.97. The maximum atomic E-state index is 11.6. The second-order valence-electron chi connectivity index (χ2n) is 11.7. The van der Waals surface area contributed by atoms with Gasteiger partial charge < -0.3 is 24.1 Å². The van der Waals surface area contributed by atoms with Gasteiger partial charge in [-0.15, -0.1) is 0 Å². The summed E-state index contributed by atoms with van der Waals surface area (Å²) >= 11 is 0. The maximum Gasteiger partial charge on any atom is 0.303 e. The summed E-state index contributed by atoms with van der Waals surface area (Å²) in [5.74, 6) is -0.841. The van der Waals surface area contributed by atoms with Crippen molar-refractivity contribution >= 4 is 14.3 Å². The molecule has 0 amide bonds. The van der Waals surface area contributed by atoms with Crippen molar-refractivity contribution in [1.29, 1.82) is 0 Å². The largest absolute Gasteiger partial charge is 0.481 e. The van der Waals surface area contributed by atoms with Crippen molar-refractivity contribution < 1.29 is 28.9 Å². The van der Waals surface area contributed by atoms with Gasteiger partial charge in [0.1, 0.15) is 0 Å². The number of aliphatic hydroxyl groups excluding tert-OH is 1. The molecule has 2 aliphatic rings. The van der Waals surface area contributed by atoms with Crippen LogP contribution >= 0.6 is 0 Å². The molecule has 0 bridgehead atoms. The van der Waals surface area contributed by atoms with Gasteiger partial charge in [-0.05, 0) is 61.4 Å². The number of rotatable bonds is 13. The Kier molecular flexibility index (Phi) is 10.9. The molecule has 2 N–H and O–H groups in total. The van der Waals surface area contributed by atoms with Crippen LogP contribution in [0.3, 0.4) is 0 Å². The van der Waals surface area contributed by atoms with Crippen LogP contribution in [0.25, 0.3) is 0 Å². The number of hydrogen-bond acceptors (Lipinski definition) is 5. The highest BCUT2D eigenvalue weighted by atomic mass is 28.4. The molecular formula is C27H48O6Si. The number of carbonyl (C=O) groups is 1. The van der Waals surface area contributed by atoms with Crippen LogP contribution in [0.4, 0.5) is 0 Å². The molecule has 0 spiro atoms. The van der Waals surface area contributed by atoms with E-state index >= 15 is 0 Å². The highest BCUT2D eigenvalue weighted by molar-refractivity contribution is 6.74. The second-order valence-corrected chi connectivity index (χ2v) is 16.5. The lowest BCUT2D eigenvalue weighted by atomic mass is 9.84. The third-order valence-corrected chi connectivity index (χ3v) is 12.6. The molecule has 0 aromatic carbocycles. The molecule has 1 aliphatic carbocycles. The van der Waals surface area contributed by atoms with Gasteiger partial charge in [-0.2, -0.15) is 0 Å². The van der Waals surface area contributed by atoms with Gasteiger partial charge in [0.05, 0.1) is 24.9 Å². The first-order valence-electron chi connectivity index (χ1n) is 13.1. The van der Waals surface area contributed by atoms with E-state index in [2.05, 4.69) is 47.7 Å². The molecule has 196 valence electrons. The molecule has 1 fully saturated rings. The minimum absolute atomic E-state index is 0.0495. The molecule has 2 unspecified atom stereocenters. The smallest absolute Gasteiger partial charge is 0.303 e. The summed E-state index contributed by atoms with van der Waals surface area (Å²) in [6, 6.07) is 0. The predicted octanol–water partition coefficient (Wildman–Crippen LogP) is 6.27. The lowest BCUT2D eigenvalue weighted by Crippen LogP contribution is -2.45. The zero-order valence-electron chi connectivity index (χ0n) is 22.3. The van der Waals surface area contributed by atoms with Crippen molar-refractivity contribution in [2.45, 2.75) is 122 Å². The molecule has 7 atom stereocenters. The third kappa shape index (κ3) is 8.21. The molecule has 0 radical (unpaired) electrons. The Labute approximate surface area is 207 Å². The Morgan fingerprint density at radius 3 is 2.47 bits per heavy atom. The van der Waals surface area contributed by atoms with Gasteiger partial charge in [-0.3, -0.25) is 4.79 Å². The number of unbranched alkanes of at least 4 members (excludes halogenated alkanes) is 1. The van der Waals surface area contributed by atoms with E-state index in [0.717, 1.165) is 25.7 Å². The topological polar surface area (TPSA) is 85.2 Å². The highest BCUT2D eigenvalue weighted by Gasteiger charge is 2.46. The molecule has 0 aromatic rings. The standard InChI is InChI=1S/C27H48O6Si/c1-8-9-12-19(2)23(33-34(6,7)27(3,4)5)15-14-20-21(17-25(29)30)22(28)18-24(20)32-26-13-10-11-16-31-26/h10-11,13,16,19-24,26,28H,8-9,12,14-15,17-18H2,1-7H3,(H,29,30)/t19?,20-,21?,22-,23-,24+,26+/m0/s1. The fourth-order valence-corrected chi connectivity index (χ4v) is 6.36. The van der Waals surface area contributed by atoms with E-state index < -0.39 is 26.7 Å². The fraction of sp³-hybridized carbons (Fsp3) is 0.815. The molecule has 1 heterocycles. The Morgan fingerprint density at radius 2 is 1.91 bits per heavy atom. The summed E-state index contributed by atoms with van der Waals surface area (Å²) in [6.45, 7) is 15.9. The van der Waals surface area contributed by atoms with Gasteiger partial charge in [0.2, 0.25) is 6.29 Å². The average molecular weight is 497 g/mol. The van der Waals surface area contributed by atoms with Gasteiger partial charge in [-0.25, -0.2) is 0 Å². The molecule has 2 rings (SSSR count). The highest BCUT2D eigenvalue weighted by Crippen LogP contribution is 2.43. The maximum absolute atomic E-state index is 11.6. The number of aliphatic carboxylic acids is 1. The Hall–Kier alpha value is -1.15. The van der Waals surface area contributed by atoms with Crippen LogP contribution in [0.1, 0.15) is 79.6 Å². The molecule has 0 saturated heterocycles. The summed E-state index contributed by atoms with van der Waals surface area (Å²) in [4.78, 5) is 11.6. The van der Waals surface area contributed by atoms with Crippen LogP contribution in [0, 0.1) is 17.8 Å². The number of carboxylic acid groups (broad SMARTS) is 1. The molecule has 7 heteroatoms.